The Morgan fingerprint density at radius 1 is 1.25 bits per heavy atom. The Hall–Kier alpha value is -2.19. The minimum Gasteiger partial charge on any atom is -0.350 e. The van der Waals surface area contributed by atoms with Gasteiger partial charge in [0.05, 0.1) is 5.56 Å². The lowest BCUT2D eigenvalue weighted by Gasteiger charge is -2.16. The molecule has 2 aromatic rings. The van der Waals surface area contributed by atoms with Gasteiger partial charge in [0.2, 0.25) is 5.91 Å². The number of rotatable bonds is 4. The van der Waals surface area contributed by atoms with E-state index in [2.05, 4.69) is 10.3 Å². The number of carbonyl (C=O) groups is 1. The van der Waals surface area contributed by atoms with Gasteiger partial charge < -0.3 is 10.3 Å². The van der Waals surface area contributed by atoms with Crippen LogP contribution in [0.15, 0.2) is 46.1 Å². The van der Waals surface area contributed by atoms with Gasteiger partial charge in [-0.1, -0.05) is 23.7 Å². The average molecular weight is 429 g/mol. The molecular weight excluding hydrogens is 413 g/mol. The molecule has 1 amide bonds. The molecule has 1 aliphatic heterocycles. The van der Waals surface area contributed by atoms with Crippen molar-refractivity contribution in [1.82, 2.24) is 10.3 Å². The summed E-state index contributed by atoms with van der Waals surface area (Å²) in [6.07, 6.45) is -0.418. The molecule has 2 N–H and O–H groups in total. The van der Waals surface area contributed by atoms with Crippen molar-refractivity contribution in [3.8, 4) is 0 Å². The van der Waals surface area contributed by atoms with E-state index in [1.807, 2.05) is 0 Å². The van der Waals surface area contributed by atoms with Gasteiger partial charge in [0.1, 0.15) is 5.02 Å². The van der Waals surface area contributed by atoms with Crippen LogP contribution in [0.2, 0.25) is 5.02 Å². The fourth-order valence-corrected chi connectivity index (χ4v) is 3.72. The smallest absolute Gasteiger partial charge is 0.350 e. The molecule has 1 saturated heterocycles. The van der Waals surface area contributed by atoms with E-state index in [0.29, 0.717) is 24.1 Å². The Morgan fingerprint density at radius 3 is 2.57 bits per heavy atom. The van der Waals surface area contributed by atoms with Gasteiger partial charge >= 0.3 is 6.18 Å². The third kappa shape index (κ3) is 4.44. The number of hydrogen-bond acceptors (Lipinski definition) is 3. The van der Waals surface area contributed by atoms with E-state index < -0.39 is 17.3 Å². The first-order valence-corrected chi connectivity index (χ1v) is 9.95. The normalized spacial score (nSPS) is 17.7. The Balaban J connectivity index is 2.16. The summed E-state index contributed by atoms with van der Waals surface area (Å²) in [5.41, 5.74) is -0.309. The lowest BCUT2D eigenvalue weighted by atomic mass is 9.97. The number of carbonyl (C=O) groups excluding carboxylic acids is 1. The predicted molar refractivity (Wildman–Crippen MR) is 104 cm³/mol. The molecular formula is C19H16ClF3N2O2S. The zero-order valence-corrected chi connectivity index (χ0v) is 16.3. The van der Waals surface area contributed by atoms with Gasteiger partial charge in [0, 0.05) is 28.6 Å². The van der Waals surface area contributed by atoms with Crippen molar-refractivity contribution in [3.05, 3.63) is 68.6 Å². The van der Waals surface area contributed by atoms with Crippen LogP contribution in [0, 0.1) is 0 Å². The second kappa shape index (κ2) is 8.05. The monoisotopic (exact) mass is 428 g/mol. The first-order chi connectivity index (χ1) is 13.2. The number of benzene rings is 1. The molecule has 2 heterocycles. The minimum atomic E-state index is -4.52. The van der Waals surface area contributed by atoms with Gasteiger partial charge in [-0.2, -0.15) is 13.2 Å². The Kier molecular flexibility index (Phi) is 5.90. The lowest BCUT2D eigenvalue weighted by Crippen LogP contribution is -2.23. The Bertz CT molecular complexity index is 1000. The van der Waals surface area contributed by atoms with Gasteiger partial charge in [-0.3, -0.25) is 9.59 Å². The fraction of sp³-hybridized carbons (Fsp3) is 0.263. The van der Waals surface area contributed by atoms with E-state index in [4.69, 9.17) is 11.6 Å². The van der Waals surface area contributed by atoms with E-state index in [1.54, 1.807) is 18.4 Å². The van der Waals surface area contributed by atoms with Crippen LogP contribution in [0.4, 0.5) is 13.2 Å². The summed E-state index contributed by atoms with van der Waals surface area (Å²) in [6.45, 7) is 0. The highest BCUT2D eigenvalue weighted by molar-refractivity contribution is 7.98. The summed E-state index contributed by atoms with van der Waals surface area (Å²) < 4.78 is 40.5. The van der Waals surface area contributed by atoms with Crippen LogP contribution in [-0.4, -0.2) is 23.2 Å². The van der Waals surface area contributed by atoms with Crippen molar-refractivity contribution in [2.75, 3.05) is 6.26 Å². The van der Waals surface area contributed by atoms with Crippen molar-refractivity contribution in [2.24, 2.45) is 0 Å². The predicted octanol–water partition coefficient (Wildman–Crippen LogP) is 4.48. The second-order valence-corrected chi connectivity index (χ2v) is 7.51. The number of aromatic nitrogens is 1. The topological polar surface area (TPSA) is 62.0 Å². The number of nitrogens with one attached hydrogen (secondary N) is 2. The Labute approximate surface area is 168 Å². The van der Waals surface area contributed by atoms with Crippen LogP contribution in [-0.2, 0) is 11.0 Å². The molecule has 1 atom stereocenters. The summed E-state index contributed by atoms with van der Waals surface area (Å²) in [7, 11) is 0. The molecule has 1 aliphatic rings. The summed E-state index contributed by atoms with van der Waals surface area (Å²) in [6, 6.07) is 6.60. The van der Waals surface area contributed by atoms with Crippen molar-refractivity contribution >= 4 is 34.8 Å². The third-order valence-electron chi connectivity index (χ3n) is 4.36. The second-order valence-electron chi connectivity index (χ2n) is 6.25. The molecule has 148 valence electrons. The number of alkyl halides is 3. The molecule has 1 aromatic heterocycles. The zero-order chi connectivity index (χ0) is 20.5. The molecule has 9 heteroatoms. The van der Waals surface area contributed by atoms with Gasteiger partial charge in [-0.05, 0) is 42.5 Å². The van der Waals surface area contributed by atoms with E-state index in [1.165, 1.54) is 18.2 Å². The molecule has 3 rings (SSSR count). The van der Waals surface area contributed by atoms with Crippen LogP contribution >= 0.6 is 23.4 Å². The van der Waals surface area contributed by atoms with Gasteiger partial charge in [0.15, 0.2) is 0 Å². The van der Waals surface area contributed by atoms with Crippen LogP contribution in [0.1, 0.15) is 29.7 Å². The number of amides is 1. The van der Waals surface area contributed by atoms with E-state index in [-0.39, 0.29) is 27.4 Å². The van der Waals surface area contributed by atoms with E-state index in [0.717, 1.165) is 17.8 Å². The van der Waals surface area contributed by atoms with Crippen molar-refractivity contribution in [1.29, 1.82) is 0 Å². The molecule has 0 aliphatic carbocycles. The number of H-pyrrole nitrogens is 1. The van der Waals surface area contributed by atoms with Crippen molar-refractivity contribution < 1.29 is 18.0 Å². The maximum atomic E-state index is 13.5. The van der Waals surface area contributed by atoms with Gasteiger partial charge in [0.25, 0.3) is 5.56 Å². The van der Waals surface area contributed by atoms with E-state index >= 15 is 0 Å². The summed E-state index contributed by atoms with van der Waals surface area (Å²) in [4.78, 5) is 26.1. The maximum Gasteiger partial charge on any atom is 0.417 e. The number of pyridine rings is 1. The fourth-order valence-electron chi connectivity index (χ4n) is 3.02. The largest absolute Gasteiger partial charge is 0.417 e. The van der Waals surface area contributed by atoms with Gasteiger partial charge in [-0.25, -0.2) is 0 Å². The molecule has 0 spiro atoms. The van der Waals surface area contributed by atoms with Gasteiger partial charge in [-0.15, -0.1) is 11.8 Å². The summed E-state index contributed by atoms with van der Waals surface area (Å²) >= 11 is 6.78. The summed E-state index contributed by atoms with van der Waals surface area (Å²) in [5.74, 6) is -0.126. The standard InChI is InChI=1S/C19H16ClF3N2O2S/c1-28-16-6-2-10(8-13(16)19(21,22)23)12(9-11-3-7-17(26)24-11)15-5-4-14(20)18(27)25-15/h2,4-6,8-9,11H,3,7H2,1H3,(H,24,26)(H,25,27)/b12-9-/t11-/m1/s1. The average Bonchev–Trinajstić information content (AvgIpc) is 3.06. The van der Waals surface area contributed by atoms with Crippen LogP contribution in [0.25, 0.3) is 5.57 Å². The SMILES string of the molecule is CSc1ccc(/C(=C/[C@H]2CCC(=O)N2)c2ccc(Cl)c(=O)[nH]2)cc1C(F)(F)F. The molecule has 0 bridgehead atoms. The molecule has 1 fully saturated rings. The quantitative estimate of drug-likeness (QED) is 0.706. The first-order valence-electron chi connectivity index (χ1n) is 8.35. The first kappa shape index (κ1) is 20.5. The molecule has 0 unspecified atom stereocenters. The summed E-state index contributed by atoms with van der Waals surface area (Å²) in [5, 5.41) is 2.74. The van der Waals surface area contributed by atoms with Crippen LogP contribution < -0.4 is 10.9 Å². The molecule has 1 aromatic carbocycles. The third-order valence-corrected chi connectivity index (χ3v) is 5.46. The van der Waals surface area contributed by atoms with Crippen LogP contribution in [0.5, 0.6) is 0 Å². The van der Waals surface area contributed by atoms with Crippen molar-refractivity contribution in [2.45, 2.75) is 30.0 Å². The van der Waals surface area contributed by atoms with Crippen molar-refractivity contribution in [3.63, 3.8) is 0 Å². The molecule has 28 heavy (non-hydrogen) atoms. The highest BCUT2D eigenvalue weighted by Crippen LogP contribution is 2.38. The highest BCUT2D eigenvalue weighted by atomic mass is 35.5. The Morgan fingerprint density at radius 2 is 2.00 bits per heavy atom. The molecule has 0 saturated carbocycles. The minimum absolute atomic E-state index is 0.0222. The maximum absolute atomic E-state index is 13.5. The highest BCUT2D eigenvalue weighted by Gasteiger charge is 2.34. The molecule has 0 radical (unpaired) electrons. The molecule has 4 nitrogen and oxygen atoms in total. The zero-order valence-electron chi connectivity index (χ0n) is 14.7. The van der Waals surface area contributed by atoms with E-state index in [9.17, 15) is 22.8 Å². The number of halogens is 4. The number of hydrogen-bond donors (Lipinski definition) is 2. The number of thioether (sulfide) groups is 1. The number of aromatic amines is 1. The van der Waals surface area contributed by atoms with Crippen LogP contribution in [0.3, 0.4) is 0 Å². The lowest BCUT2D eigenvalue weighted by molar-refractivity contribution is -0.139.